The summed E-state index contributed by atoms with van der Waals surface area (Å²) in [6.07, 6.45) is 0. The highest BCUT2D eigenvalue weighted by atomic mass is 32.1. The van der Waals surface area contributed by atoms with Crippen molar-refractivity contribution >= 4 is 22.7 Å². The summed E-state index contributed by atoms with van der Waals surface area (Å²) in [5.41, 5.74) is 2.50. The summed E-state index contributed by atoms with van der Waals surface area (Å²) in [5, 5.41) is 18.2. The van der Waals surface area contributed by atoms with Crippen molar-refractivity contribution in [2.24, 2.45) is 0 Å². The first-order chi connectivity index (χ1) is 7.72. The fraction of sp³-hybridized carbons (Fsp3) is 0.455. The Morgan fingerprint density at radius 1 is 1.38 bits per heavy atom. The molecule has 0 saturated carbocycles. The molecule has 0 saturated heterocycles. The van der Waals surface area contributed by atoms with Crippen LogP contribution in [0, 0.1) is 6.92 Å². The van der Waals surface area contributed by atoms with Gasteiger partial charge in [-0.25, -0.2) is 0 Å². The van der Waals surface area contributed by atoms with Gasteiger partial charge >= 0.3 is 0 Å². The molecule has 0 bridgehead atoms. The van der Waals surface area contributed by atoms with Crippen LogP contribution in [0.3, 0.4) is 0 Å². The molecular formula is C11H15N3S2. The van der Waals surface area contributed by atoms with E-state index in [4.69, 9.17) is 0 Å². The monoisotopic (exact) mass is 253 g/mol. The number of hydrogen-bond donors (Lipinski definition) is 1. The van der Waals surface area contributed by atoms with Crippen LogP contribution in [-0.2, 0) is 0 Å². The molecule has 1 N–H and O–H groups in total. The van der Waals surface area contributed by atoms with Gasteiger partial charge in [0.2, 0.25) is 0 Å². The number of nitrogens with zero attached hydrogens (tertiary/aromatic N) is 2. The second-order valence-electron chi connectivity index (χ2n) is 3.69. The lowest BCUT2D eigenvalue weighted by Crippen LogP contribution is -2.17. The van der Waals surface area contributed by atoms with Crippen molar-refractivity contribution in [2.75, 3.05) is 6.54 Å². The Kier molecular flexibility index (Phi) is 3.68. The van der Waals surface area contributed by atoms with Gasteiger partial charge in [-0.2, -0.15) is 11.3 Å². The zero-order chi connectivity index (χ0) is 11.5. The Balaban J connectivity index is 2.23. The molecule has 0 aliphatic carbocycles. The highest BCUT2D eigenvalue weighted by Gasteiger charge is 2.13. The minimum atomic E-state index is 0.287. The quantitative estimate of drug-likeness (QED) is 0.909. The Hall–Kier alpha value is -0.780. The number of rotatable bonds is 4. The van der Waals surface area contributed by atoms with Gasteiger partial charge in [0.15, 0.2) is 0 Å². The van der Waals surface area contributed by atoms with Gasteiger partial charge in [0.1, 0.15) is 10.0 Å². The molecule has 0 amide bonds. The zero-order valence-corrected chi connectivity index (χ0v) is 11.3. The lowest BCUT2D eigenvalue weighted by molar-refractivity contribution is 0.590. The third kappa shape index (κ3) is 2.31. The van der Waals surface area contributed by atoms with E-state index in [1.807, 2.05) is 0 Å². The van der Waals surface area contributed by atoms with Crippen molar-refractivity contribution in [1.29, 1.82) is 0 Å². The van der Waals surface area contributed by atoms with E-state index >= 15 is 0 Å². The van der Waals surface area contributed by atoms with Crippen LogP contribution in [0.2, 0.25) is 0 Å². The first-order valence-electron chi connectivity index (χ1n) is 5.32. The first-order valence-corrected chi connectivity index (χ1v) is 7.08. The van der Waals surface area contributed by atoms with Crippen LogP contribution in [0.5, 0.6) is 0 Å². The molecule has 86 valence electrons. The second kappa shape index (κ2) is 5.03. The molecule has 1 atom stereocenters. The molecule has 0 radical (unpaired) electrons. The van der Waals surface area contributed by atoms with Crippen molar-refractivity contribution in [3.63, 3.8) is 0 Å². The smallest absolute Gasteiger partial charge is 0.148 e. The average Bonchev–Trinajstić information content (AvgIpc) is 2.86. The molecule has 3 nitrogen and oxygen atoms in total. The van der Waals surface area contributed by atoms with Crippen LogP contribution < -0.4 is 5.32 Å². The highest BCUT2D eigenvalue weighted by molar-refractivity contribution is 7.15. The fourth-order valence-electron chi connectivity index (χ4n) is 1.49. The van der Waals surface area contributed by atoms with Crippen molar-refractivity contribution in [3.8, 4) is 10.6 Å². The van der Waals surface area contributed by atoms with E-state index in [2.05, 4.69) is 47.0 Å². The summed E-state index contributed by atoms with van der Waals surface area (Å²) in [4.78, 5) is 0. The number of aromatic nitrogens is 2. The molecule has 2 heterocycles. The van der Waals surface area contributed by atoms with Crippen molar-refractivity contribution < 1.29 is 0 Å². The predicted octanol–water partition coefficient (Wildman–Crippen LogP) is 3.25. The number of aryl methyl sites for hydroxylation is 1. The number of nitrogens with one attached hydrogen (secondary N) is 1. The molecule has 0 aliphatic rings. The Morgan fingerprint density at radius 2 is 2.19 bits per heavy atom. The van der Waals surface area contributed by atoms with Gasteiger partial charge in [0.25, 0.3) is 0 Å². The van der Waals surface area contributed by atoms with Crippen LogP contribution in [-0.4, -0.2) is 16.7 Å². The SMILES string of the molecule is CCNC(C)c1nnc(-c2cscc2C)s1. The van der Waals surface area contributed by atoms with Gasteiger partial charge in [-0.05, 0) is 31.3 Å². The topological polar surface area (TPSA) is 37.8 Å². The van der Waals surface area contributed by atoms with Crippen LogP contribution in [0.1, 0.15) is 30.5 Å². The van der Waals surface area contributed by atoms with E-state index in [-0.39, 0.29) is 6.04 Å². The Labute approximate surface area is 104 Å². The van der Waals surface area contributed by atoms with Crippen molar-refractivity contribution in [3.05, 3.63) is 21.3 Å². The van der Waals surface area contributed by atoms with E-state index in [0.717, 1.165) is 16.6 Å². The van der Waals surface area contributed by atoms with E-state index in [1.54, 1.807) is 22.7 Å². The third-order valence-corrected chi connectivity index (χ3v) is 4.41. The molecule has 0 aliphatic heterocycles. The summed E-state index contributed by atoms with van der Waals surface area (Å²) in [6.45, 7) is 7.28. The normalized spacial score (nSPS) is 12.9. The maximum Gasteiger partial charge on any atom is 0.148 e. The van der Waals surface area contributed by atoms with Gasteiger partial charge in [-0.15, -0.1) is 10.2 Å². The molecule has 0 aromatic carbocycles. The fourth-order valence-corrected chi connectivity index (χ4v) is 3.35. The van der Waals surface area contributed by atoms with Gasteiger partial charge in [0, 0.05) is 10.9 Å². The molecule has 0 spiro atoms. The first kappa shape index (κ1) is 11.7. The van der Waals surface area contributed by atoms with Gasteiger partial charge in [-0.1, -0.05) is 18.3 Å². The van der Waals surface area contributed by atoms with E-state index in [0.29, 0.717) is 0 Å². The van der Waals surface area contributed by atoms with Gasteiger partial charge < -0.3 is 5.32 Å². The van der Waals surface area contributed by atoms with Crippen LogP contribution in [0.15, 0.2) is 10.8 Å². The second-order valence-corrected chi connectivity index (χ2v) is 5.45. The Morgan fingerprint density at radius 3 is 2.81 bits per heavy atom. The summed E-state index contributed by atoms with van der Waals surface area (Å²) in [6, 6.07) is 0.287. The predicted molar refractivity (Wildman–Crippen MR) is 70.1 cm³/mol. The summed E-state index contributed by atoms with van der Waals surface area (Å²) >= 11 is 3.39. The molecule has 2 aromatic heterocycles. The maximum atomic E-state index is 4.26. The minimum Gasteiger partial charge on any atom is -0.308 e. The molecule has 0 fully saturated rings. The standard InChI is InChI=1S/C11H15N3S2/c1-4-12-8(3)10-13-14-11(16-10)9-6-15-5-7(9)2/h5-6,8,12H,4H2,1-3H3. The van der Waals surface area contributed by atoms with Crippen LogP contribution in [0.4, 0.5) is 0 Å². The largest absolute Gasteiger partial charge is 0.308 e. The third-order valence-electron chi connectivity index (χ3n) is 2.41. The van der Waals surface area contributed by atoms with Crippen molar-refractivity contribution in [2.45, 2.75) is 26.8 Å². The lowest BCUT2D eigenvalue weighted by Gasteiger charge is -2.06. The average molecular weight is 253 g/mol. The summed E-state index contributed by atoms with van der Waals surface area (Å²) < 4.78 is 0. The van der Waals surface area contributed by atoms with E-state index in [1.165, 1.54) is 11.1 Å². The molecule has 2 aromatic rings. The number of hydrogen-bond acceptors (Lipinski definition) is 5. The molecule has 16 heavy (non-hydrogen) atoms. The molecule has 1 unspecified atom stereocenters. The number of thiophene rings is 1. The van der Waals surface area contributed by atoms with E-state index < -0.39 is 0 Å². The summed E-state index contributed by atoms with van der Waals surface area (Å²) in [7, 11) is 0. The molecule has 5 heteroatoms. The zero-order valence-electron chi connectivity index (χ0n) is 9.65. The minimum absolute atomic E-state index is 0.287. The summed E-state index contributed by atoms with van der Waals surface area (Å²) in [5.74, 6) is 0. The van der Waals surface area contributed by atoms with Crippen molar-refractivity contribution in [1.82, 2.24) is 15.5 Å². The highest BCUT2D eigenvalue weighted by Crippen LogP contribution is 2.30. The van der Waals surface area contributed by atoms with Crippen LogP contribution >= 0.6 is 22.7 Å². The lowest BCUT2D eigenvalue weighted by atomic mass is 10.2. The van der Waals surface area contributed by atoms with Gasteiger partial charge in [-0.3, -0.25) is 0 Å². The molecular weight excluding hydrogens is 238 g/mol. The molecule has 2 rings (SSSR count). The van der Waals surface area contributed by atoms with Crippen LogP contribution in [0.25, 0.3) is 10.6 Å². The Bertz CT molecular complexity index is 461. The van der Waals surface area contributed by atoms with E-state index in [9.17, 15) is 0 Å². The maximum absolute atomic E-state index is 4.26. The van der Waals surface area contributed by atoms with Gasteiger partial charge in [0.05, 0.1) is 6.04 Å².